The first-order chi connectivity index (χ1) is 14.4. The normalized spacial score (nSPS) is 24.7. The second-order valence-corrected chi connectivity index (χ2v) is 8.57. The van der Waals surface area contributed by atoms with Crippen molar-refractivity contribution in [3.8, 4) is 0 Å². The van der Waals surface area contributed by atoms with E-state index in [1.807, 2.05) is 0 Å². The van der Waals surface area contributed by atoms with Crippen molar-refractivity contribution in [2.45, 2.75) is 63.6 Å². The molecule has 0 spiro atoms. The Morgan fingerprint density at radius 3 is 2.17 bits per heavy atom. The Kier molecular flexibility index (Phi) is 6.16. The van der Waals surface area contributed by atoms with Crippen LogP contribution in [0.4, 0.5) is 17.6 Å². The van der Waals surface area contributed by atoms with E-state index in [1.165, 1.54) is 19.1 Å². The van der Waals surface area contributed by atoms with Crippen LogP contribution in [0.2, 0.25) is 0 Å². The maximum absolute atomic E-state index is 14.5. The quantitative estimate of drug-likeness (QED) is 0.439. The Bertz CT molecular complexity index is 916. The maximum atomic E-state index is 14.5. The number of rotatable bonds is 6. The summed E-state index contributed by atoms with van der Waals surface area (Å²) in [6, 6.07) is 6.28. The summed E-state index contributed by atoms with van der Waals surface area (Å²) in [5.74, 6) is -3.11. The fourth-order valence-electron chi connectivity index (χ4n) is 4.61. The third-order valence-electron chi connectivity index (χ3n) is 6.57. The average Bonchev–Trinajstić information content (AvgIpc) is 3.56. The molecule has 1 aliphatic carbocycles. The summed E-state index contributed by atoms with van der Waals surface area (Å²) in [6.45, 7) is 1.84. The number of benzene rings is 2. The van der Waals surface area contributed by atoms with Gasteiger partial charge in [-0.3, -0.25) is 0 Å². The molecular formula is C24H26F4O2. The largest absolute Gasteiger partial charge is 0.389 e. The van der Waals surface area contributed by atoms with Gasteiger partial charge in [-0.25, -0.2) is 17.6 Å². The Balaban J connectivity index is 1.34. The average molecular weight is 422 g/mol. The van der Waals surface area contributed by atoms with E-state index >= 15 is 0 Å². The number of aliphatic hydroxyl groups excluding tert-OH is 1. The minimum atomic E-state index is -1.06. The molecule has 1 heterocycles. The monoisotopic (exact) mass is 422 g/mol. The highest BCUT2D eigenvalue weighted by molar-refractivity contribution is 5.32. The second-order valence-electron chi connectivity index (χ2n) is 8.57. The first-order valence-electron chi connectivity index (χ1n) is 10.6. The molecule has 0 aromatic heterocycles. The molecule has 4 rings (SSSR count). The highest BCUT2D eigenvalue weighted by atomic mass is 19.2. The van der Waals surface area contributed by atoms with E-state index in [0.29, 0.717) is 42.1 Å². The molecule has 2 aromatic rings. The number of hydrogen-bond donors (Lipinski definition) is 1. The van der Waals surface area contributed by atoms with Crippen LogP contribution in [0.5, 0.6) is 0 Å². The van der Waals surface area contributed by atoms with Crippen molar-refractivity contribution in [3.63, 3.8) is 0 Å². The van der Waals surface area contributed by atoms with Gasteiger partial charge in [-0.2, -0.15) is 0 Å². The van der Waals surface area contributed by atoms with E-state index < -0.39 is 29.4 Å². The molecule has 1 saturated heterocycles. The summed E-state index contributed by atoms with van der Waals surface area (Å²) in [5, 5.41) is 9.49. The standard InChI is InChI=1S/C24H26F4O2/c1-13(29)17-9-8-16(21(25)22(17)26)7-4-14-2-5-15(6-3-14)18-10-11-19(20-12-30-20)24(28)23(18)27/h8-11,13-15,20,29H,2-7,12H2,1H3. The number of halogens is 4. The summed E-state index contributed by atoms with van der Waals surface area (Å²) in [6.07, 6.45) is 2.94. The predicted molar refractivity (Wildman–Crippen MR) is 105 cm³/mol. The summed E-state index contributed by atoms with van der Waals surface area (Å²) < 4.78 is 62.2. The van der Waals surface area contributed by atoms with Gasteiger partial charge in [0.1, 0.15) is 6.10 Å². The summed E-state index contributed by atoms with van der Waals surface area (Å²) >= 11 is 0. The molecule has 2 unspecified atom stereocenters. The number of aryl methyl sites for hydroxylation is 1. The van der Waals surface area contributed by atoms with Crippen molar-refractivity contribution in [3.05, 3.63) is 69.8 Å². The first kappa shape index (κ1) is 21.3. The highest BCUT2D eigenvalue weighted by Crippen LogP contribution is 2.41. The first-order valence-corrected chi connectivity index (χ1v) is 10.6. The predicted octanol–water partition coefficient (Wildman–Crippen LogP) is 6.27. The molecule has 2 atom stereocenters. The van der Waals surface area contributed by atoms with Crippen LogP contribution in [-0.4, -0.2) is 11.7 Å². The molecule has 162 valence electrons. The molecule has 30 heavy (non-hydrogen) atoms. The highest BCUT2D eigenvalue weighted by Gasteiger charge is 2.32. The van der Waals surface area contributed by atoms with Gasteiger partial charge in [-0.05, 0) is 68.4 Å². The van der Waals surface area contributed by atoms with Crippen LogP contribution in [0, 0.1) is 29.2 Å². The van der Waals surface area contributed by atoms with Crippen LogP contribution in [0.3, 0.4) is 0 Å². The lowest BCUT2D eigenvalue weighted by atomic mass is 9.76. The van der Waals surface area contributed by atoms with Gasteiger partial charge in [0.15, 0.2) is 23.3 Å². The smallest absolute Gasteiger partial charge is 0.165 e. The Morgan fingerprint density at radius 1 is 0.900 bits per heavy atom. The van der Waals surface area contributed by atoms with Crippen LogP contribution < -0.4 is 0 Å². The fraction of sp³-hybridized carbons (Fsp3) is 0.500. The third kappa shape index (κ3) is 4.26. The van der Waals surface area contributed by atoms with Crippen LogP contribution in [0.1, 0.15) is 79.4 Å². The molecule has 0 bridgehead atoms. The minimum Gasteiger partial charge on any atom is -0.389 e. The lowest BCUT2D eigenvalue weighted by molar-refractivity contribution is 0.192. The molecule has 1 aliphatic heterocycles. The SMILES string of the molecule is CC(O)c1ccc(CCC2CCC(c3ccc(C4CO4)c(F)c3F)CC2)c(F)c1F. The number of aliphatic hydroxyl groups is 1. The van der Waals surface area contributed by atoms with Crippen molar-refractivity contribution in [1.29, 1.82) is 0 Å². The molecular weight excluding hydrogens is 396 g/mol. The summed E-state index contributed by atoms with van der Waals surface area (Å²) in [5.41, 5.74) is 0.994. The zero-order valence-electron chi connectivity index (χ0n) is 16.9. The summed E-state index contributed by atoms with van der Waals surface area (Å²) in [7, 11) is 0. The van der Waals surface area contributed by atoms with E-state index in [0.717, 1.165) is 25.7 Å². The van der Waals surface area contributed by atoms with E-state index in [2.05, 4.69) is 0 Å². The molecule has 2 aromatic carbocycles. The molecule has 2 fully saturated rings. The van der Waals surface area contributed by atoms with E-state index in [1.54, 1.807) is 12.1 Å². The van der Waals surface area contributed by atoms with Gasteiger partial charge in [-0.15, -0.1) is 0 Å². The summed E-state index contributed by atoms with van der Waals surface area (Å²) in [4.78, 5) is 0. The zero-order chi connectivity index (χ0) is 21.4. The molecule has 2 nitrogen and oxygen atoms in total. The van der Waals surface area contributed by atoms with Crippen molar-refractivity contribution in [2.24, 2.45) is 5.92 Å². The van der Waals surface area contributed by atoms with Crippen LogP contribution in [0.15, 0.2) is 24.3 Å². The van der Waals surface area contributed by atoms with Gasteiger partial charge in [0.05, 0.1) is 12.7 Å². The molecule has 2 aliphatic rings. The van der Waals surface area contributed by atoms with Gasteiger partial charge in [0.25, 0.3) is 0 Å². The molecule has 0 radical (unpaired) electrons. The zero-order valence-corrected chi connectivity index (χ0v) is 16.9. The molecule has 0 amide bonds. The van der Waals surface area contributed by atoms with Crippen LogP contribution in [0.25, 0.3) is 0 Å². The van der Waals surface area contributed by atoms with E-state index in [-0.39, 0.29) is 17.6 Å². The van der Waals surface area contributed by atoms with Crippen molar-refractivity contribution in [1.82, 2.24) is 0 Å². The van der Waals surface area contributed by atoms with Gasteiger partial charge in [0, 0.05) is 11.1 Å². The van der Waals surface area contributed by atoms with Gasteiger partial charge >= 0.3 is 0 Å². The Labute approximate surface area is 173 Å². The molecule has 6 heteroatoms. The van der Waals surface area contributed by atoms with Crippen LogP contribution >= 0.6 is 0 Å². The lowest BCUT2D eigenvalue weighted by Crippen LogP contribution is -2.16. The number of epoxide rings is 1. The fourth-order valence-corrected chi connectivity index (χ4v) is 4.61. The number of ether oxygens (including phenoxy) is 1. The van der Waals surface area contributed by atoms with Gasteiger partial charge in [-0.1, -0.05) is 24.3 Å². The number of hydrogen-bond acceptors (Lipinski definition) is 2. The van der Waals surface area contributed by atoms with Crippen molar-refractivity contribution >= 4 is 0 Å². The van der Waals surface area contributed by atoms with Gasteiger partial charge in [0.2, 0.25) is 0 Å². The third-order valence-corrected chi connectivity index (χ3v) is 6.57. The molecule has 1 saturated carbocycles. The second kappa shape index (κ2) is 8.67. The topological polar surface area (TPSA) is 32.8 Å². The van der Waals surface area contributed by atoms with E-state index in [9.17, 15) is 22.7 Å². The lowest BCUT2D eigenvalue weighted by Gasteiger charge is -2.29. The minimum absolute atomic E-state index is 0.0237. The van der Waals surface area contributed by atoms with Crippen molar-refractivity contribution in [2.75, 3.05) is 6.61 Å². The van der Waals surface area contributed by atoms with Crippen LogP contribution in [-0.2, 0) is 11.2 Å². The Hall–Kier alpha value is -1.92. The van der Waals surface area contributed by atoms with Gasteiger partial charge < -0.3 is 9.84 Å². The maximum Gasteiger partial charge on any atom is 0.165 e. The van der Waals surface area contributed by atoms with E-state index in [4.69, 9.17) is 4.74 Å². The van der Waals surface area contributed by atoms with Crippen molar-refractivity contribution < 1.29 is 27.4 Å². The Morgan fingerprint density at radius 2 is 1.53 bits per heavy atom. The molecule has 1 N–H and O–H groups in total.